The fourth-order valence-corrected chi connectivity index (χ4v) is 3.78. The average Bonchev–Trinajstić information content (AvgIpc) is 2.63. The molecule has 30 heavy (non-hydrogen) atoms. The number of esters is 2. The summed E-state index contributed by atoms with van der Waals surface area (Å²) < 4.78 is 24.2. The summed E-state index contributed by atoms with van der Waals surface area (Å²) in [6.07, 6.45) is -0.381. The molecule has 0 radical (unpaired) electrons. The first kappa shape index (κ1) is 24.0. The first-order valence-corrected chi connectivity index (χ1v) is 10.3. The topological polar surface area (TPSA) is 89.9 Å². The zero-order valence-electron chi connectivity index (χ0n) is 18.2. The van der Waals surface area contributed by atoms with E-state index in [1.165, 1.54) is 31.2 Å². The molecule has 1 aromatic rings. The Kier molecular flexibility index (Phi) is 7.75. The minimum absolute atomic E-state index is 0.0619. The van der Waals surface area contributed by atoms with Gasteiger partial charge in [0.05, 0.1) is 24.7 Å². The largest absolute Gasteiger partial charge is 0.465 e. The highest BCUT2D eigenvalue weighted by atomic mass is 19.1. The molecule has 0 amide bonds. The number of aliphatic hydroxyl groups is 1. The lowest BCUT2D eigenvalue weighted by Crippen LogP contribution is -2.55. The van der Waals surface area contributed by atoms with Gasteiger partial charge in [0.25, 0.3) is 0 Å². The van der Waals surface area contributed by atoms with Gasteiger partial charge in [-0.1, -0.05) is 39.8 Å². The van der Waals surface area contributed by atoms with Crippen LogP contribution in [-0.4, -0.2) is 41.6 Å². The van der Waals surface area contributed by atoms with Crippen molar-refractivity contribution in [3.63, 3.8) is 0 Å². The van der Waals surface area contributed by atoms with E-state index >= 15 is 0 Å². The minimum Gasteiger partial charge on any atom is -0.465 e. The molecule has 7 heteroatoms. The highest BCUT2D eigenvalue weighted by Gasteiger charge is 2.57. The number of benzene rings is 1. The molecule has 0 bridgehead atoms. The Bertz CT molecular complexity index is 768. The van der Waals surface area contributed by atoms with Gasteiger partial charge in [-0.15, -0.1) is 0 Å². The quantitative estimate of drug-likeness (QED) is 0.536. The number of Topliss-reactive ketones (excluding diaryl/α,β-unsaturated/α-hetero) is 1. The molecular weight excluding hydrogens is 391 g/mol. The third-order valence-electron chi connectivity index (χ3n) is 5.15. The Hall–Kier alpha value is -2.28. The van der Waals surface area contributed by atoms with E-state index < -0.39 is 46.9 Å². The highest BCUT2D eigenvalue weighted by molar-refractivity contribution is 6.02. The van der Waals surface area contributed by atoms with Crippen LogP contribution >= 0.6 is 0 Å². The van der Waals surface area contributed by atoms with Crippen LogP contribution < -0.4 is 0 Å². The van der Waals surface area contributed by atoms with Crippen LogP contribution in [0.5, 0.6) is 0 Å². The molecule has 1 aliphatic rings. The van der Waals surface area contributed by atoms with Crippen LogP contribution in [0.15, 0.2) is 24.3 Å². The van der Waals surface area contributed by atoms with E-state index in [0.29, 0.717) is 5.56 Å². The van der Waals surface area contributed by atoms with E-state index in [-0.39, 0.29) is 31.5 Å². The molecule has 2 rings (SSSR count). The van der Waals surface area contributed by atoms with Gasteiger partial charge in [-0.2, -0.15) is 0 Å². The van der Waals surface area contributed by atoms with Gasteiger partial charge in [-0.25, -0.2) is 4.39 Å². The van der Waals surface area contributed by atoms with Crippen LogP contribution in [0.3, 0.4) is 0 Å². The van der Waals surface area contributed by atoms with Crippen molar-refractivity contribution in [1.82, 2.24) is 0 Å². The number of ether oxygens (including phenoxy) is 2. The van der Waals surface area contributed by atoms with Gasteiger partial charge in [-0.05, 0) is 36.5 Å². The van der Waals surface area contributed by atoms with Gasteiger partial charge in [0.1, 0.15) is 11.7 Å². The van der Waals surface area contributed by atoms with E-state index in [4.69, 9.17) is 9.47 Å². The van der Waals surface area contributed by atoms with Gasteiger partial charge >= 0.3 is 11.9 Å². The third-order valence-corrected chi connectivity index (χ3v) is 5.15. The summed E-state index contributed by atoms with van der Waals surface area (Å²) in [6, 6.07) is 5.21. The van der Waals surface area contributed by atoms with Crippen molar-refractivity contribution in [2.45, 2.75) is 52.6 Å². The highest BCUT2D eigenvalue weighted by Crippen LogP contribution is 2.46. The second kappa shape index (κ2) is 9.69. The summed E-state index contributed by atoms with van der Waals surface area (Å²) in [7, 11) is 0. The predicted molar refractivity (Wildman–Crippen MR) is 108 cm³/mol. The minimum atomic E-state index is -1.72. The number of rotatable bonds is 7. The second-order valence-corrected chi connectivity index (χ2v) is 9.08. The van der Waals surface area contributed by atoms with Crippen molar-refractivity contribution in [1.29, 1.82) is 0 Å². The molecule has 1 N–H and O–H groups in total. The molecular formula is C23H31FO6. The lowest BCUT2D eigenvalue weighted by molar-refractivity contribution is -0.173. The maximum Gasteiger partial charge on any atom is 0.317 e. The molecule has 0 saturated heterocycles. The molecule has 0 unspecified atom stereocenters. The van der Waals surface area contributed by atoms with Crippen molar-refractivity contribution in [2.75, 3.05) is 13.2 Å². The lowest BCUT2D eigenvalue weighted by Gasteiger charge is -2.43. The Morgan fingerprint density at radius 2 is 1.57 bits per heavy atom. The Morgan fingerprint density at radius 3 is 2.07 bits per heavy atom. The average molecular weight is 422 g/mol. The number of halogens is 1. The zero-order valence-corrected chi connectivity index (χ0v) is 18.2. The summed E-state index contributed by atoms with van der Waals surface area (Å²) in [5.74, 6) is -5.82. The maximum atomic E-state index is 13.5. The number of hydrogen-bond acceptors (Lipinski definition) is 6. The van der Waals surface area contributed by atoms with Crippen molar-refractivity contribution >= 4 is 17.7 Å². The van der Waals surface area contributed by atoms with Gasteiger partial charge in [0.15, 0.2) is 5.78 Å². The summed E-state index contributed by atoms with van der Waals surface area (Å²) in [6.45, 7) is 9.13. The number of ketones is 1. The third kappa shape index (κ3) is 5.65. The molecule has 1 fully saturated rings. The Labute approximate surface area is 176 Å². The summed E-state index contributed by atoms with van der Waals surface area (Å²) in [5, 5.41) is 11.0. The predicted octanol–water partition coefficient (Wildman–Crippen LogP) is 3.26. The maximum absolute atomic E-state index is 13.5. The van der Waals surface area contributed by atoms with Crippen LogP contribution in [0.1, 0.15) is 52.5 Å². The number of carbonyl (C=O) groups is 3. The molecule has 0 aromatic heterocycles. The van der Waals surface area contributed by atoms with Crippen molar-refractivity contribution in [3.05, 3.63) is 35.6 Å². The van der Waals surface area contributed by atoms with E-state index in [1.807, 2.05) is 27.7 Å². The fourth-order valence-electron chi connectivity index (χ4n) is 3.78. The molecule has 4 atom stereocenters. The first-order chi connectivity index (χ1) is 13.9. The van der Waals surface area contributed by atoms with E-state index in [2.05, 4.69) is 0 Å². The Balaban J connectivity index is 2.51. The summed E-state index contributed by atoms with van der Waals surface area (Å²) in [5.41, 5.74) is -1.33. The van der Waals surface area contributed by atoms with Gasteiger partial charge in [-0.3, -0.25) is 14.4 Å². The van der Waals surface area contributed by atoms with Crippen LogP contribution in [0.25, 0.3) is 0 Å². The van der Waals surface area contributed by atoms with Gasteiger partial charge < -0.3 is 14.6 Å². The standard InChI is InChI=1S/C23H31FO6/c1-13(2)11-29-21(26)19-17(25)10-23(5,28)20(22(27)30-12-14(3)4)18(19)15-6-8-16(24)9-7-15/h6-9,13-14,18-20,28H,10-12H2,1-5H3/t18-,19-,20-,23+/m1/s1. The fraction of sp³-hybridized carbons (Fsp3) is 0.609. The molecule has 1 saturated carbocycles. The molecule has 6 nitrogen and oxygen atoms in total. The molecule has 0 spiro atoms. The van der Waals surface area contributed by atoms with E-state index in [9.17, 15) is 23.9 Å². The normalized spacial score (nSPS) is 26.7. The van der Waals surface area contributed by atoms with Crippen molar-refractivity contribution in [3.8, 4) is 0 Å². The summed E-state index contributed by atoms with van der Waals surface area (Å²) >= 11 is 0. The second-order valence-electron chi connectivity index (χ2n) is 9.08. The summed E-state index contributed by atoms with van der Waals surface area (Å²) in [4.78, 5) is 38.7. The van der Waals surface area contributed by atoms with Gasteiger partial charge in [0.2, 0.25) is 0 Å². The van der Waals surface area contributed by atoms with Crippen LogP contribution in [-0.2, 0) is 23.9 Å². The smallest absolute Gasteiger partial charge is 0.317 e. The van der Waals surface area contributed by atoms with Gasteiger partial charge in [0, 0.05) is 12.3 Å². The zero-order chi connectivity index (χ0) is 22.6. The van der Waals surface area contributed by atoms with Crippen molar-refractivity contribution < 1.29 is 33.4 Å². The molecule has 0 heterocycles. The monoisotopic (exact) mass is 422 g/mol. The number of hydrogen-bond donors (Lipinski definition) is 1. The lowest BCUT2D eigenvalue weighted by atomic mass is 9.61. The molecule has 166 valence electrons. The molecule has 0 aliphatic heterocycles. The molecule has 1 aliphatic carbocycles. The van der Waals surface area contributed by atoms with Crippen LogP contribution in [0.4, 0.5) is 4.39 Å². The molecule has 1 aromatic carbocycles. The first-order valence-electron chi connectivity index (χ1n) is 10.3. The van der Waals surface area contributed by atoms with Crippen LogP contribution in [0.2, 0.25) is 0 Å². The van der Waals surface area contributed by atoms with E-state index in [1.54, 1.807) is 0 Å². The van der Waals surface area contributed by atoms with E-state index in [0.717, 1.165) is 0 Å². The SMILES string of the molecule is CC(C)COC(=O)[C@@H]1C(=O)C[C@](C)(O)[C@@H](C(=O)OCC(C)C)[C@@H]1c1ccc(F)cc1. The Morgan fingerprint density at radius 1 is 1.07 bits per heavy atom. The number of carbonyl (C=O) groups excluding carboxylic acids is 3. The van der Waals surface area contributed by atoms with Crippen molar-refractivity contribution in [2.24, 2.45) is 23.7 Å². The van der Waals surface area contributed by atoms with Crippen LogP contribution in [0, 0.1) is 29.5 Å².